The van der Waals surface area contributed by atoms with Gasteiger partial charge in [0.1, 0.15) is 17.2 Å². The molecule has 2 aromatic carbocycles. The van der Waals surface area contributed by atoms with Crippen molar-refractivity contribution in [2.75, 3.05) is 13.7 Å². The van der Waals surface area contributed by atoms with Crippen LogP contribution >= 0.6 is 0 Å². The third kappa shape index (κ3) is 12.3. The number of ether oxygens (including phenoxy) is 3. The van der Waals surface area contributed by atoms with Gasteiger partial charge in [-0.05, 0) is 92.3 Å². The Morgan fingerprint density at radius 3 is 2.44 bits per heavy atom. The molecule has 0 aromatic heterocycles. The molecule has 2 rings (SSSR count). The summed E-state index contributed by atoms with van der Waals surface area (Å²) in [5.74, 6) is -0.964. The number of allylic oxidation sites excluding steroid dienone is 6. The minimum atomic E-state index is -4.61. The molecule has 12 heteroatoms. The van der Waals surface area contributed by atoms with Gasteiger partial charge in [0.25, 0.3) is 5.91 Å². The number of nitrogens with zero attached hydrogens (tertiary/aromatic N) is 1. The maximum Gasteiger partial charge on any atom is 0.416 e. The number of halogens is 3. The standard InChI is InChI=1S/C36H40F3N3O6/c1-7-10-26(35(45)41-17-16-33(43)44)11-9-18-47-34(40)30(25(8-2)20-27-12-14-29(46-6)19-24(27)5)22-42-31-21-28(36(37,38)39)13-15-32(31)48-23(3)4/h7-15,18-23H,5,16-17,40H2,1-4,6H3,(H,41,45)(H,43,44)/b10-7-,18-9+,25-8+,26-11+,27-20-,34-30?,42-22?. The van der Waals surface area contributed by atoms with Gasteiger partial charge in [0.05, 0.1) is 37.0 Å². The summed E-state index contributed by atoms with van der Waals surface area (Å²) in [5.41, 5.74) is 6.34. The number of carboxylic acid groups (broad SMARTS) is 1. The van der Waals surface area contributed by atoms with E-state index >= 15 is 0 Å². The normalized spacial score (nSPS) is 13.8. The van der Waals surface area contributed by atoms with E-state index < -0.39 is 23.6 Å². The van der Waals surface area contributed by atoms with Crippen molar-refractivity contribution in [3.63, 3.8) is 0 Å². The maximum absolute atomic E-state index is 13.6. The Morgan fingerprint density at radius 1 is 1.12 bits per heavy atom. The van der Waals surface area contributed by atoms with Crippen LogP contribution in [0, 0.1) is 0 Å². The first kappa shape index (κ1) is 38.7. The van der Waals surface area contributed by atoms with Crippen LogP contribution in [0.4, 0.5) is 18.9 Å². The number of nitrogens with two attached hydrogens (primary N) is 1. The van der Waals surface area contributed by atoms with E-state index in [4.69, 9.17) is 25.1 Å². The average molecular weight is 668 g/mol. The zero-order valence-electron chi connectivity index (χ0n) is 27.4. The molecule has 9 nitrogen and oxygen atoms in total. The van der Waals surface area contributed by atoms with Gasteiger partial charge in [-0.3, -0.25) is 14.6 Å². The fourth-order valence-corrected chi connectivity index (χ4v) is 3.99. The Balaban J connectivity index is 2.64. The van der Waals surface area contributed by atoms with Crippen LogP contribution in [-0.4, -0.2) is 43.0 Å². The number of carbonyl (C=O) groups excluding carboxylic acids is 1. The van der Waals surface area contributed by atoms with Gasteiger partial charge in [-0.15, -0.1) is 0 Å². The SMILES string of the molecule is C=c1cc(OC)cc/c1=C/C(=C\C)C(C=Nc1cc(C(F)(F)F)ccc1OC(C)C)=C(N)O/C=C/C=C(\C=C/C)C(=O)NCCC(=O)O. The number of alkyl halides is 3. The molecule has 256 valence electrons. The molecular weight excluding hydrogens is 627 g/mol. The van der Waals surface area contributed by atoms with Gasteiger partial charge in [0, 0.05) is 18.3 Å². The van der Waals surface area contributed by atoms with Crippen LogP contribution in [0.15, 0.2) is 101 Å². The number of hydrogen-bond acceptors (Lipinski definition) is 7. The quantitative estimate of drug-likeness (QED) is 0.0942. The fourth-order valence-electron chi connectivity index (χ4n) is 3.99. The first-order valence-corrected chi connectivity index (χ1v) is 14.8. The molecule has 0 atom stereocenters. The van der Waals surface area contributed by atoms with Crippen molar-refractivity contribution in [1.82, 2.24) is 5.32 Å². The van der Waals surface area contributed by atoms with Crippen LogP contribution in [0.2, 0.25) is 0 Å². The lowest BCUT2D eigenvalue weighted by atomic mass is 10.0. The van der Waals surface area contributed by atoms with Crippen LogP contribution < -0.4 is 31.0 Å². The van der Waals surface area contributed by atoms with Gasteiger partial charge in [-0.2, -0.15) is 13.2 Å². The van der Waals surface area contributed by atoms with Crippen LogP contribution in [0.1, 0.15) is 39.7 Å². The molecule has 2 aromatic rings. The molecule has 0 spiro atoms. The molecule has 0 radical (unpaired) electrons. The highest BCUT2D eigenvalue weighted by Crippen LogP contribution is 2.37. The second kappa shape index (κ2) is 18.6. The molecule has 0 aliphatic heterocycles. The fraction of sp³-hybridized carbons (Fsp3) is 0.250. The van der Waals surface area contributed by atoms with E-state index in [-0.39, 0.29) is 47.5 Å². The van der Waals surface area contributed by atoms with Crippen molar-refractivity contribution in [3.8, 4) is 11.5 Å². The van der Waals surface area contributed by atoms with E-state index in [1.807, 2.05) is 0 Å². The van der Waals surface area contributed by atoms with E-state index in [0.29, 0.717) is 21.8 Å². The lowest BCUT2D eigenvalue weighted by molar-refractivity contribution is -0.138. The Morgan fingerprint density at radius 2 is 1.85 bits per heavy atom. The van der Waals surface area contributed by atoms with Gasteiger partial charge in [0.15, 0.2) is 5.88 Å². The lowest BCUT2D eigenvalue weighted by Crippen LogP contribution is -2.26. The molecule has 0 aliphatic carbocycles. The van der Waals surface area contributed by atoms with E-state index in [1.54, 1.807) is 64.1 Å². The predicted octanol–water partition coefficient (Wildman–Crippen LogP) is 5.83. The first-order valence-electron chi connectivity index (χ1n) is 14.8. The lowest BCUT2D eigenvalue weighted by Gasteiger charge is -2.15. The largest absolute Gasteiger partial charge is 0.497 e. The third-order valence-corrected chi connectivity index (χ3v) is 6.31. The van der Waals surface area contributed by atoms with Crippen molar-refractivity contribution in [2.24, 2.45) is 10.7 Å². The number of carbonyl (C=O) groups is 2. The van der Waals surface area contributed by atoms with Crippen LogP contribution in [0.25, 0.3) is 12.7 Å². The number of methoxy groups -OCH3 is 1. The van der Waals surface area contributed by atoms with Gasteiger partial charge in [0.2, 0.25) is 0 Å². The summed E-state index contributed by atoms with van der Waals surface area (Å²) in [6.07, 6.45) is 6.78. The maximum atomic E-state index is 13.6. The number of hydrogen-bond donors (Lipinski definition) is 3. The zero-order valence-corrected chi connectivity index (χ0v) is 27.4. The molecule has 0 heterocycles. The number of nitrogens with one attached hydrogen (secondary N) is 1. The summed E-state index contributed by atoms with van der Waals surface area (Å²) in [7, 11) is 1.53. The summed E-state index contributed by atoms with van der Waals surface area (Å²) in [5, 5.41) is 12.7. The highest BCUT2D eigenvalue weighted by molar-refractivity contribution is 5.96. The van der Waals surface area contributed by atoms with Crippen LogP contribution in [0.5, 0.6) is 11.5 Å². The van der Waals surface area contributed by atoms with Crippen LogP contribution in [-0.2, 0) is 20.5 Å². The third-order valence-electron chi connectivity index (χ3n) is 6.31. The number of aliphatic imine (C=N–C) groups is 1. The molecule has 48 heavy (non-hydrogen) atoms. The summed E-state index contributed by atoms with van der Waals surface area (Å²) < 4.78 is 57.4. The highest BCUT2D eigenvalue weighted by atomic mass is 19.4. The van der Waals surface area contributed by atoms with Crippen molar-refractivity contribution >= 4 is 36.4 Å². The minimum absolute atomic E-state index is 0.0523. The molecule has 0 saturated heterocycles. The topological polar surface area (TPSA) is 132 Å². The van der Waals surface area contributed by atoms with E-state index in [9.17, 15) is 22.8 Å². The van der Waals surface area contributed by atoms with Gasteiger partial charge >= 0.3 is 12.1 Å². The van der Waals surface area contributed by atoms with Crippen molar-refractivity contribution in [3.05, 3.63) is 112 Å². The van der Waals surface area contributed by atoms with Gasteiger partial charge < -0.3 is 30.4 Å². The predicted molar refractivity (Wildman–Crippen MR) is 181 cm³/mol. The molecule has 0 fully saturated rings. The number of carboxylic acids is 1. The number of benzene rings is 2. The van der Waals surface area contributed by atoms with Crippen molar-refractivity contribution < 1.29 is 42.1 Å². The summed E-state index contributed by atoms with van der Waals surface area (Å²) in [4.78, 5) is 27.6. The monoisotopic (exact) mass is 667 g/mol. The van der Waals surface area contributed by atoms with E-state index in [0.717, 1.165) is 12.1 Å². The number of amides is 1. The van der Waals surface area contributed by atoms with Crippen molar-refractivity contribution in [1.29, 1.82) is 0 Å². The minimum Gasteiger partial charge on any atom is -0.497 e. The molecule has 1 amide bonds. The second-order valence-corrected chi connectivity index (χ2v) is 10.3. The molecule has 0 aliphatic rings. The number of rotatable bonds is 15. The number of aliphatic carboxylic acids is 1. The summed E-state index contributed by atoms with van der Waals surface area (Å²) >= 11 is 0. The van der Waals surface area contributed by atoms with E-state index in [2.05, 4.69) is 16.9 Å². The van der Waals surface area contributed by atoms with Crippen molar-refractivity contribution in [2.45, 2.75) is 46.4 Å². The smallest absolute Gasteiger partial charge is 0.416 e. The highest BCUT2D eigenvalue weighted by Gasteiger charge is 2.31. The Bertz CT molecular complexity index is 1750. The molecule has 0 saturated carbocycles. The van der Waals surface area contributed by atoms with E-state index in [1.165, 1.54) is 43.9 Å². The molecular formula is C36H40F3N3O6. The van der Waals surface area contributed by atoms with Gasteiger partial charge in [-0.25, -0.2) is 0 Å². The molecule has 4 N–H and O–H groups in total. The summed E-state index contributed by atoms with van der Waals surface area (Å²) in [6.45, 7) is 10.9. The Labute approximate surface area is 277 Å². The Kier molecular flexibility index (Phi) is 15.0. The second-order valence-electron chi connectivity index (χ2n) is 10.3. The average Bonchev–Trinajstić information content (AvgIpc) is 3.02. The summed E-state index contributed by atoms with van der Waals surface area (Å²) in [6, 6.07) is 8.29. The molecule has 0 unspecified atom stereocenters. The molecule has 0 bridgehead atoms. The van der Waals surface area contributed by atoms with Gasteiger partial charge in [-0.1, -0.05) is 30.9 Å². The van der Waals surface area contributed by atoms with Crippen LogP contribution in [0.3, 0.4) is 0 Å². The Hall–Kier alpha value is -5.52. The zero-order chi connectivity index (χ0) is 35.9. The first-order chi connectivity index (χ1) is 22.7.